The van der Waals surface area contributed by atoms with Crippen molar-refractivity contribution in [2.75, 3.05) is 26.2 Å². The molecule has 3 saturated heterocycles. The molecule has 2 aromatic carbocycles. The normalized spacial score (nSPS) is 27.3. The number of halogens is 1. The number of piperidine rings is 1. The number of amides is 3. The van der Waals surface area contributed by atoms with E-state index in [-0.39, 0.29) is 41.9 Å². The van der Waals surface area contributed by atoms with Gasteiger partial charge in [-0.25, -0.2) is 4.39 Å². The maximum absolute atomic E-state index is 14.0. The topological polar surface area (TPSA) is 69.7 Å². The number of hydrogen-bond donors (Lipinski definition) is 1. The third kappa shape index (κ3) is 4.24. The van der Waals surface area contributed by atoms with Crippen molar-refractivity contribution in [2.45, 2.75) is 43.1 Å². The van der Waals surface area contributed by atoms with Gasteiger partial charge in [-0.1, -0.05) is 42.5 Å². The van der Waals surface area contributed by atoms with E-state index in [2.05, 4.69) is 5.32 Å². The average Bonchev–Trinajstić information content (AvgIpc) is 3.35. The Hall–Kier alpha value is -3.22. The highest BCUT2D eigenvalue weighted by molar-refractivity contribution is 5.87. The van der Waals surface area contributed by atoms with E-state index in [1.54, 1.807) is 15.9 Å². The molecule has 3 atom stereocenters. The Morgan fingerprint density at radius 1 is 1.06 bits per heavy atom. The average molecular weight is 450 g/mol. The molecule has 3 fully saturated rings. The molecular weight excluding hydrogens is 421 g/mol. The van der Waals surface area contributed by atoms with Gasteiger partial charge in [0.05, 0.1) is 12.1 Å². The molecule has 1 spiro atoms. The summed E-state index contributed by atoms with van der Waals surface area (Å²) in [7, 11) is 0. The minimum Gasteiger partial charge on any atom is -0.348 e. The molecule has 3 aliphatic heterocycles. The Balaban J connectivity index is 1.32. The molecule has 0 saturated carbocycles. The van der Waals surface area contributed by atoms with E-state index in [9.17, 15) is 18.8 Å². The van der Waals surface area contributed by atoms with Gasteiger partial charge >= 0.3 is 0 Å². The molecule has 0 aromatic heterocycles. The van der Waals surface area contributed by atoms with Crippen LogP contribution in [0.4, 0.5) is 4.39 Å². The van der Waals surface area contributed by atoms with E-state index in [0.29, 0.717) is 32.5 Å². The molecule has 3 aliphatic rings. The summed E-state index contributed by atoms with van der Waals surface area (Å²) in [5.74, 6) is -0.600. The molecule has 5 rings (SSSR count). The lowest BCUT2D eigenvalue weighted by Crippen LogP contribution is -2.56. The summed E-state index contributed by atoms with van der Waals surface area (Å²) in [6.45, 7) is 1.33. The Morgan fingerprint density at radius 3 is 2.61 bits per heavy atom. The largest absolute Gasteiger partial charge is 0.348 e. The summed E-state index contributed by atoms with van der Waals surface area (Å²) in [5, 5.41) is 3.14. The van der Waals surface area contributed by atoms with E-state index >= 15 is 0 Å². The van der Waals surface area contributed by atoms with E-state index < -0.39 is 5.54 Å². The van der Waals surface area contributed by atoms with E-state index in [4.69, 9.17) is 0 Å². The number of carbonyl (C=O) groups excluding carboxylic acids is 3. The summed E-state index contributed by atoms with van der Waals surface area (Å²) >= 11 is 0. The number of nitrogens with zero attached hydrogens (tertiary/aromatic N) is 2. The fourth-order valence-corrected chi connectivity index (χ4v) is 5.73. The fraction of sp³-hybridized carbons (Fsp3) is 0.423. The molecule has 3 amide bonds. The molecule has 3 heterocycles. The van der Waals surface area contributed by atoms with Crippen LogP contribution in [-0.4, -0.2) is 59.2 Å². The number of likely N-dealkylation sites (tertiary alicyclic amines) is 2. The first-order valence-corrected chi connectivity index (χ1v) is 11.6. The molecular formula is C26H28FN3O3. The standard InChI is InChI=1S/C26H28FN3O3/c27-21-9-4-8-19(12-21)22-15-30(17-26(22)11-5-10-23(31)28-26)25(33)16-29-14-20(13-24(29)32)18-6-2-1-3-7-18/h1-4,6-9,12,20,22H,5,10-11,13-17H2,(H,28,31)/t20-,22+,26-/m1/s1. The van der Waals surface area contributed by atoms with Gasteiger partial charge in [-0.15, -0.1) is 0 Å². The van der Waals surface area contributed by atoms with Crippen LogP contribution in [0, 0.1) is 5.82 Å². The lowest BCUT2D eigenvalue weighted by atomic mass is 9.76. The molecule has 172 valence electrons. The van der Waals surface area contributed by atoms with Crippen LogP contribution < -0.4 is 5.32 Å². The molecule has 0 unspecified atom stereocenters. The highest BCUT2D eigenvalue weighted by Crippen LogP contribution is 2.41. The molecule has 33 heavy (non-hydrogen) atoms. The first kappa shape index (κ1) is 21.6. The maximum atomic E-state index is 14.0. The predicted molar refractivity (Wildman–Crippen MR) is 121 cm³/mol. The number of nitrogens with one attached hydrogen (secondary N) is 1. The Bertz CT molecular complexity index is 1080. The second-order valence-electron chi connectivity index (χ2n) is 9.53. The number of rotatable bonds is 4. The first-order chi connectivity index (χ1) is 15.9. The zero-order valence-corrected chi connectivity index (χ0v) is 18.5. The van der Waals surface area contributed by atoms with Gasteiger partial charge in [-0.3, -0.25) is 14.4 Å². The van der Waals surface area contributed by atoms with Gasteiger partial charge in [-0.2, -0.15) is 0 Å². The third-order valence-corrected chi connectivity index (χ3v) is 7.37. The van der Waals surface area contributed by atoms with Crippen molar-refractivity contribution >= 4 is 17.7 Å². The van der Waals surface area contributed by atoms with Gasteiger partial charge in [0.25, 0.3) is 0 Å². The lowest BCUT2D eigenvalue weighted by molar-refractivity contribution is -0.138. The van der Waals surface area contributed by atoms with Gasteiger partial charge in [-0.05, 0) is 36.1 Å². The van der Waals surface area contributed by atoms with Gasteiger partial charge in [0.1, 0.15) is 5.82 Å². The van der Waals surface area contributed by atoms with Crippen LogP contribution in [0.1, 0.15) is 48.6 Å². The maximum Gasteiger partial charge on any atom is 0.242 e. The minimum atomic E-state index is -0.597. The van der Waals surface area contributed by atoms with Crippen molar-refractivity contribution in [3.05, 3.63) is 71.5 Å². The summed E-state index contributed by atoms with van der Waals surface area (Å²) < 4.78 is 14.0. The second kappa shape index (κ2) is 8.61. The summed E-state index contributed by atoms with van der Waals surface area (Å²) in [4.78, 5) is 41.6. The van der Waals surface area contributed by atoms with Gasteiger partial charge in [0.15, 0.2) is 0 Å². The van der Waals surface area contributed by atoms with Crippen molar-refractivity contribution < 1.29 is 18.8 Å². The Labute approximate surface area is 192 Å². The lowest BCUT2D eigenvalue weighted by Gasteiger charge is -2.39. The molecule has 0 radical (unpaired) electrons. The summed E-state index contributed by atoms with van der Waals surface area (Å²) in [6, 6.07) is 16.3. The second-order valence-corrected chi connectivity index (χ2v) is 9.53. The van der Waals surface area contributed by atoms with E-state index in [1.807, 2.05) is 36.4 Å². The number of carbonyl (C=O) groups is 3. The van der Waals surface area contributed by atoms with Crippen LogP contribution in [0.2, 0.25) is 0 Å². The first-order valence-electron chi connectivity index (χ1n) is 11.6. The van der Waals surface area contributed by atoms with Gasteiger partial charge in [0, 0.05) is 44.3 Å². The number of benzene rings is 2. The zero-order valence-electron chi connectivity index (χ0n) is 18.5. The van der Waals surface area contributed by atoms with Crippen LogP contribution in [0.15, 0.2) is 54.6 Å². The molecule has 0 aliphatic carbocycles. The van der Waals surface area contributed by atoms with Crippen molar-refractivity contribution in [1.82, 2.24) is 15.1 Å². The van der Waals surface area contributed by atoms with E-state index in [0.717, 1.165) is 24.0 Å². The number of hydrogen-bond acceptors (Lipinski definition) is 3. The van der Waals surface area contributed by atoms with Crippen LogP contribution in [0.25, 0.3) is 0 Å². The minimum absolute atomic E-state index is 0.0150. The quantitative estimate of drug-likeness (QED) is 0.781. The van der Waals surface area contributed by atoms with Crippen LogP contribution in [0.3, 0.4) is 0 Å². The monoisotopic (exact) mass is 449 g/mol. The SMILES string of the molecule is O=C1CCC[C@]2(CN(C(=O)CN3C[C@H](c4ccccc4)CC3=O)C[C@H]2c2cccc(F)c2)N1. The zero-order chi connectivity index (χ0) is 23.0. The molecule has 2 aromatic rings. The van der Waals surface area contributed by atoms with Crippen LogP contribution in [-0.2, 0) is 14.4 Å². The third-order valence-electron chi connectivity index (χ3n) is 7.37. The van der Waals surface area contributed by atoms with Crippen LogP contribution in [0.5, 0.6) is 0 Å². The molecule has 0 bridgehead atoms. The van der Waals surface area contributed by atoms with Crippen molar-refractivity contribution in [3.63, 3.8) is 0 Å². The van der Waals surface area contributed by atoms with Crippen molar-refractivity contribution in [1.29, 1.82) is 0 Å². The summed E-state index contributed by atoms with van der Waals surface area (Å²) in [5.41, 5.74) is 1.30. The van der Waals surface area contributed by atoms with Gasteiger partial charge in [0.2, 0.25) is 17.7 Å². The molecule has 7 heteroatoms. The van der Waals surface area contributed by atoms with Crippen molar-refractivity contribution in [3.8, 4) is 0 Å². The fourth-order valence-electron chi connectivity index (χ4n) is 5.73. The highest BCUT2D eigenvalue weighted by Gasteiger charge is 2.51. The Kier molecular flexibility index (Phi) is 5.64. The van der Waals surface area contributed by atoms with E-state index in [1.165, 1.54) is 12.1 Å². The summed E-state index contributed by atoms with van der Waals surface area (Å²) in [6.07, 6.45) is 2.35. The van der Waals surface area contributed by atoms with Crippen molar-refractivity contribution in [2.24, 2.45) is 0 Å². The highest BCUT2D eigenvalue weighted by atomic mass is 19.1. The van der Waals surface area contributed by atoms with Crippen LogP contribution >= 0.6 is 0 Å². The molecule has 6 nitrogen and oxygen atoms in total. The smallest absolute Gasteiger partial charge is 0.242 e. The molecule has 1 N–H and O–H groups in total. The Morgan fingerprint density at radius 2 is 1.85 bits per heavy atom. The predicted octanol–water partition coefficient (Wildman–Crippen LogP) is 2.81. The van der Waals surface area contributed by atoms with Gasteiger partial charge < -0.3 is 15.1 Å².